The molecule has 4 rings (SSSR count). The first-order chi connectivity index (χ1) is 16.0. The number of aryl methyl sites for hydroxylation is 1. The lowest BCUT2D eigenvalue weighted by Gasteiger charge is -2.37. The number of carbonyl (C=O) groups excluding carboxylic acids is 1. The predicted molar refractivity (Wildman–Crippen MR) is 131 cm³/mol. The zero-order chi connectivity index (χ0) is 23.2. The molecule has 6 nitrogen and oxygen atoms in total. The summed E-state index contributed by atoms with van der Waals surface area (Å²) in [5.41, 5.74) is 4.78. The number of anilines is 2. The van der Waals surface area contributed by atoms with E-state index in [9.17, 15) is 9.18 Å². The van der Waals surface area contributed by atoms with E-state index in [1.165, 1.54) is 40.7 Å². The van der Waals surface area contributed by atoms with Crippen molar-refractivity contribution in [3.05, 3.63) is 77.4 Å². The third kappa shape index (κ3) is 5.82. The van der Waals surface area contributed by atoms with Crippen LogP contribution in [0.15, 0.2) is 59.9 Å². The average molecular weight is 466 g/mol. The maximum absolute atomic E-state index is 13.0. The molecule has 0 unspecified atom stereocenters. The van der Waals surface area contributed by atoms with Gasteiger partial charge in [-0.1, -0.05) is 36.0 Å². The van der Waals surface area contributed by atoms with E-state index in [-0.39, 0.29) is 17.5 Å². The minimum Gasteiger partial charge on any atom is -0.368 e. The molecule has 1 aliphatic rings. The van der Waals surface area contributed by atoms with Crippen LogP contribution in [0.5, 0.6) is 0 Å². The molecule has 0 spiro atoms. The summed E-state index contributed by atoms with van der Waals surface area (Å²) in [7, 11) is 0. The number of halogens is 1. The molecular formula is C25H28FN5OS. The summed E-state index contributed by atoms with van der Waals surface area (Å²) < 4.78 is 13.0. The van der Waals surface area contributed by atoms with Crippen molar-refractivity contribution in [3.8, 4) is 0 Å². The van der Waals surface area contributed by atoms with Gasteiger partial charge < -0.3 is 15.1 Å². The molecule has 33 heavy (non-hydrogen) atoms. The molecule has 1 aromatic heterocycles. The Hall–Kier alpha value is -3.13. The third-order valence-corrected chi connectivity index (χ3v) is 6.85. The van der Waals surface area contributed by atoms with Gasteiger partial charge in [0.25, 0.3) is 0 Å². The lowest BCUT2D eigenvalue weighted by atomic mass is 10.1. The predicted octanol–water partition coefficient (Wildman–Crippen LogP) is 3.97. The highest BCUT2D eigenvalue weighted by molar-refractivity contribution is 8.00. The Morgan fingerprint density at radius 1 is 1.00 bits per heavy atom. The van der Waals surface area contributed by atoms with Gasteiger partial charge in [0.1, 0.15) is 10.8 Å². The van der Waals surface area contributed by atoms with Gasteiger partial charge in [0, 0.05) is 50.8 Å². The number of piperazine rings is 1. The summed E-state index contributed by atoms with van der Waals surface area (Å²) in [6.45, 7) is 8.19. The van der Waals surface area contributed by atoms with Gasteiger partial charge in [-0.2, -0.15) is 0 Å². The highest BCUT2D eigenvalue weighted by Crippen LogP contribution is 2.29. The molecule has 1 N–H and O–H groups in total. The number of aromatic nitrogens is 2. The lowest BCUT2D eigenvalue weighted by molar-refractivity contribution is -0.118. The minimum absolute atomic E-state index is 0.0966. The number of amides is 1. The molecule has 1 aliphatic heterocycles. The molecular weight excluding hydrogens is 437 g/mol. The molecule has 172 valence electrons. The van der Waals surface area contributed by atoms with Crippen molar-refractivity contribution in [2.24, 2.45) is 0 Å². The fourth-order valence-electron chi connectivity index (χ4n) is 3.86. The summed E-state index contributed by atoms with van der Waals surface area (Å²) >= 11 is 1.39. The van der Waals surface area contributed by atoms with Gasteiger partial charge in [-0.25, -0.2) is 14.4 Å². The summed E-state index contributed by atoms with van der Waals surface area (Å²) in [5, 5.41) is 3.63. The van der Waals surface area contributed by atoms with Gasteiger partial charge in [0.15, 0.2) is 5.82 Å². The van der Waals surface area contributed by atoms with Crippen LogP contribution < -0.4 is 15.1 Å². The van der Waals surface area contributed by atoms with Gasteiger partial charge in [-0.3, -0.25) is 4.79 Å². The van der Waals surface area contributed by atoms with Crippen molar-refractivity contribution in [1.29, 1.82) is 0 Å². The smallest absolute Gasteiger partial charge is 0.230 e. The maximum Gasteiger partial charge on any atom is 0.230 e. The fraction of sp³-hybridized carbons (Fsp3) is 0.320. The number of thioether (sulfide) groups is 1. The number of hydrogen-bond acceptors (Lipinski definition) is 6. The van der Waals surface area contributed by atoms with Crippen molar-refractivity contribution >= 4 is 29.2 Å². The van der Waals surface area contributed by atoms with Gasteiger partial charge >= 0.3 is 0 Å². The van der Waals surface area contributed by atoms with Crippen LogP contribution in [-0.2, 0) is 11.3 Å². The largest absolute Gasteiger partial charge is 0.368 e. The van der Waals surface area contributed by atoms with Crippen LogP contribution in [0.4, 0.5) is 15.9 Å². The van der Waals surface area contributed by atoms with Gasteiger partial charge in [0.2, 0.25) is 5.91 Å². The van der Waals surface area contributed by atoms with E-state index >= 15 is 0 Å². The van der Waals surface area contributed by atoms with Crippen molar-refractivity contribution < 1.29 is 9.18 Å². The minimum atomic E-state index is -0.286. The highest BCUT2D eigenvalue weighted by atomic mass is 32.2. The van der Waals surface area contributed by atoms with Crippen LogP contribution in [0, 0.1) is 19.7 Å². The van der Waals surface area contributed by atoms with E-state index in [0.717, 1.165) is 42.6 Å². The van der Waals surface area contributed by atoms with E-state index in [0.29, 0.717) is 6.54 Å². The van der Waals surface area contributed by atoms with Gasteiger partial charge in [-0.15, -0.1) is 0 Å². The Balaban J connectivity index is 1.32. The topological polar surface area (TPSA) is 61.4 Å². The highest BCUT2D eigenvalue weighted by Gasteiger charge is 2.22. The number of rotatable bonds is 7. The van der Waals surface area contributed by atoms with Crippen molar-refractivity contribution in [3.63, 3.8) is 0 Å². The Bertz CT molecular complexity index is 1100. The van der Waals surface area contributed by atoms with Crippen LogP contribution in [0.1, 0.15) is 16.7 Å². The number of benzene rings is 2. The standard InChI is InChI=1S/C25H28FN5OS/c1-18-4-3-5-22(19(18)2)30-12-14-31(15-13-30)24-25(28-11-10-27-24)33-17-23(32)29-16-20-6-8-21(26)9-7-20/h3-11H,12-17H2,1-2H3,(H,29,32). The summed E-state index contributed by atoms with van der Waals surface area (Å²) in [4.78, 5) is 26.0. The molecule has 3 aromatic rings. The second kappa shape index (κ2) is 10.7. The first-order valence-electron chi connectivity index (χ1n) is 11.0. The summed E-state index contributed by atoms with van der Waals surface area (Å²) in [5.74, 6) is 0.691. The molecule has 1 amide bonds. The number of nitrogens with zero attached hydrogens (tertiary/aromatic N) is 4. The molecule has 0 atom stereocenters. The molecule has 0 radical (unpaired) electrons. The van der Waals surface area contributed by atoms with Crippen LogP contribution >= 0.6 is 11.8 Å². The first kappa shape index (κ1) is 23.0. The monoisotopic (exact) mass is 465 g/mol. The van der Waals surface area contributed by atoms with E-state index in [4.69, 9.17) is 0 Å². The SMILES string of the molecule is Cc1cccc(N2CCN(c3nccnc3SCC(=O)NCc3ccc(F)cc3)CC2)c1C. The van der Waals surface area contributed by atoms with Crippen molar-refractivity contribution in [2.75, 3.05) is 41.7 Å². The van der Waals surface area contributed by atoms with Gasteiger partial charge in [0.05, 0.1) is 5.75 Å². The second-order valence-electron chi connectivity index (χ2n) is 8.07. The van der Waals surface area contributed by atoms with Crippen LogP contribution in [0.3, 0.4) is 0 Å². The molecule has 8 heteroatoms. The number of hydrogen-bond donors (Lipinski definition) is 1. The van der Waals surface area contributed by atoms with Gasteiger partial charge in [-0.05, 0) is 48.7 Å². The van der Waals surface area contributed by atoms with Crippen LogP contribution in [0.25, 0.3) is 0 Å². The normalized spacial score (nSPS) is 13.8. The molecule has 0 aliphatic carbocycles. The van der Waals surface area contributed by atoms with E-state index in [1.54, 1.807) is 24.5 Å². The Labute approximate surface area is 198 Å². The quantitative estimate of drug-likeness (QED) is 0.533. The van der Waals surface area contributed by atoms with Crippen LogP contribution in [0.2, 0.25) is 0 Å². The van der Waals surface area contributed by atoms with E-state index in [1.807, 2.05) is 0 Å². The van der Waals surface area contributed by atoms with Crippen LogP contribution in [-0.4, -0.2) is 47.8 Å². The zero-order valence-electron chi connectivity index (χ0n) is 18.9. The third-order valence-electron chi connectivity index (χ3n) is 5.89. The molecule has 2 aromatic carbocycles. The second-order valence-corrected chi connectivity index (χ2v) is 9.03. The Morgan fingerprint density at radius 3 is 2.45 bits per heavy atom. The van der Waals surface area contributed by atoms with E-state index in [2.05, 4.69) is 57.1 Å². The first-order valence-corrected chi connectivity index (χ1v) is 12.0. The lowest BCUT2D eigenvalue weighted by Crippen LogP contribution is -2.47. The zero-order valence-corrected chi connectivity index (χ0v) is 19.7. The number of carbonyl (C=O) groups is 1. The molecule has 2 heterocycles. The molecule has 0 saturated carbocycles. The Kier molecular flexibility index (Phi) is 7.44. The molecule has 0 bridgehead atoms. The summed E-state index contributed by atoms with van der Waals surface area (Å²) in [6, 6.07) is 12.6. The molecule has 1 fully saturated rings. The van der Waals surface area contributed by atoms with Crippen molar-refractivity contribution in [1.82, 2.24) is 15.3 Å². The summed E-state index contributed by atoms with van der Waals surface area (Å²) in [6.07, 6.45) is 3.36. The Morgan fingerprint density at radius 2 is 1.70 bits per heavy atom. The average Bonchev–Trinajstić information content (AvgIpc) is 2.84. The van der Waals surface area contributed by atoms with E-state index < -0.39 is 0 Å². The number of nitrogens with one attached hydrogen (secondary N) is 1. The fourth-order valence-corrected chi connectivity index (χ4v) is 4.68. The molecule has 1 saturated heterocycles. The maximum atomic E-state index is 13.0. The van der Waals surface area contributed by atoms with Crippen molar-refractivity contribution in [2.45, 2.75) is 25.4 Å².